The van der Waals surface area contributed by atoms with E-state index in [9.17, 15) is 4.79 Å². The molecular formula is C20H20N2O2. The second-order valence-electron chi connectivity index (χ2n) is 5.36. The SMILES string of the molecule is Cc1cc(C#N)ccc1C=CCCNC(=O)OCc1ccccc1. The number of amides is 1. The third kappa shape index (κ3) is 5.62. The molecule has 0 atom stereocenters. The molecule has 0 unspecified atom stereocenters. The molecule has 0 saturated carbocycles. The van der Waals surface area contributed by atoms with Crippen LogP contribution in [0.3, 0.4) is 0 Å². The average molecular weight is 320 g/mol. The van der Waals surface area contributed by atoms with Gasteiger partial charge in [-0.25, -0.2) is 4.79 Å². The topological polar surface area (TPSA) is 62.1 Å². The summed E-state index contributed by atoms with van der Waals surface area (Å²) >= 11 is 0. The van der Waals surface area contributed by atoms with Gasteiger partial charge in [-0.05, 0) is 42.2 Å². The van der Waals surface area contributed by atoms with Crippen LogP contribution in [0.5, 0.6) is 0 Å². The highest BCUT2D eigenvalue weighted by Gasteiger charge is 2.01. The first-order chi connectivity index (χ1) is 11.7. The monoisotopic (exact) mass is 320 g/mol. The number of hydrogen-bond acceptors (Lipinski definition) is 3. The van der Waals surface area contributed by atoms with Crippen LogP contribution in [0.25, 0.3) is 6.08 Å². The molecule has 0 fully saturated rings. The third-order valence-electron chi connectivity index (χ3n) is 3.49. The molecule has 0 aliphatic rings. The molecule has 2 rings (SSSR count). The van der Waals surface area contributed by atoms with Crippen LogP contribution >= 0.6 is 0 Å². The van der Waals surface area contributed by atoms with Crippen molar-refractivity contribution in [2.75, 3.05) is 6.54 Å². The number of carbonyl (C=O) groups is 1. The summed E-state index contributed by atoms with van der Waals surface area (Å²) in [5.74, 6) is 0. The standard InChI is InChI=1S/C20H20N2O2/c1-16-13-18(14-21)10-11-19(16)9-5-6-12-22-20(23)24-15-17-7-3-2-4-8-17/h2-5,7-11,13H,6,12,15H2,1H3,(H,22,23). The van der Waals surface area contributed by atoms with Crippen molar-refractivity contribution in [3.8, 4) is 6.07 Å². The predicted octanol–water partition coefficient (Wildman–Crippen LogP) is 4.20. The first-order valence-electron chi connectivity index (χ1n) is 7.81. The molecule has 4 nitrogen and oxygen atoms in total. The first-order valence-corrected chi connectivity index (χ1v) is 7.81. The van der Waals surface area contributed by atoms with Crippen molar-refractivity contribution in [3.05, 3.63) is 76.9 Å². The maximum Gasteiger partial charge on any atom is 0.407 e. The molecule has 0 heterocycles. The molecule has 0 spiro atoms. The second kappa shape index (κ2) is 9.16. The molecule has 24 heavy (non-hydrogen) atoms. The van der Waals surface area contributed by atoms with E-state index in [1.807, 2.05) is 61.5 Å². The van der Waals surface area contributed by atoms with Crippen molar-refractivity contribution in [2.24, 2.45) is 0 Å². The summed E-state index contributed by atoms with van der Waals surface area (Å²) in [6.07, 6.45) is 4.28. The van der Waals surface area contributed by atoms with E-state index >= 15 is 0 Å². The van der Waals surface area contributed by atoms with Gasteiger partial charge in [-0.15, -0.1) is 0 Å². The maximum atomic E-state index is 11.6. The minimum absolute atomic E-state index is 0.271. The fraction of sp³-hybridized carbons (Fsp3) is 0.200. The molecule has 0 saturated heterocycles. The summed E-state index contributed by atoms with van der Waals surface area (Å²) in [6.45, 7) is 2.76. The van der Waals surface area contributed by atoms with E-state index < -0.39 is 6.09 Å². The van der Waals surface area contributed by atoms with Gasteiger partial charge >= 0.3 is 6.09 Å². The van der Waals surface area contributed by atoms with Gasteiger partial charge in [0, 0.05) is 6.54 Å². The van der Waals surface area contributed by atoms with E-state index in [2.05, 4.69) is 11.4 Å². The number of alkyl carbamates (subject to hydrolysis) is 1. The molecule has 0 aliphatic carbocycles. The molecule has 1 N–H and O–H groups in total. The molecule has 0 radical (unpaired) electrons. The van der Waals surface area contributed by atoms with E-state index in [1.165, 1.54) is 0 Å². The molecule has 122 valence electrons. The minimum Gasteiger partial charge on any atom is -0.445 e. The van der Waals surface area contributed by atoms with E-state index in [4.69, 9.17) is 10.00 Å². The lowest BCUT2D eigenvalue weighted by Crippen LogP contribution is -2.24. The Morgan fingerprint density at radius 3 is 2.75 bits per heavy atom. The number of aryl methyl sites for hydroxylation is 1. The third-order valence-corrected chi connectivity index (χ3v) is 3.49. The highest BCUT2D eigenvalue weighted by molar-refractivity contribution is 5.67. The van der Waals surface area contributed by atoms with Crippen LogP contribution in [-0.4, -0.2) is 12.6 Å². The van der Waals surface area contributed by atoms with Gasteiger partial charge in [0.25, 0.3) is 0 Å². The Balaban J connectivity index is 1.69. The van der Waals surface area contributed by atoms with Gasteiger partial charge in [0.05, 0.1) is 11.6 Å². The molecule has 0 bridgehead atoms. The summed E-state index contributed by atoms with van der Waals surface area (Å²) in [5.41, 5.74) is 3.75. The number of ether oxygens (including phenoxy) is 1. The Morgan fingerprint density at radius 1 is 1.25 bits per heavy atom. The largest absolute Gasteiger partial charge is 0.445 e. The van der Waals surface area contributed by atoms with Crippen molar-refractivity contribution in [1.29, 1.82) is 5.26 Å². The smallest absolute Gasteiger partial charge is 0.407 e. The Labute approximate surface area is 142 Å². The Hall–Kier alpha value is -3.06. The molecule has 2 aromatic carbocycles. The van der Waals surface area contributed by atoms with Gasteiger partial charge in [0.15, 0.2) is 0 Å². The number of hydrogen-bond donors (Lipinski definition) is 1. The van der Waals surface area contributed by atoms with Gasteiger partial charge in [-0.3, -0.25) is 0 Å². The van der Waals surface area contributed by atoms with Crippen molar-refractivity contribution in [1.82, 2.24) is 5.32 Å². The normalized spacial score (nSPS) is 10.3. The van der Waals surface area contributed by atoms with E-state index in [1.54, 1.807) is 6.07 Å². The highest BCUT2D eigenvalue weighted by atomic mass is 16.5. The van der Waals surface area contributed by atoms with Gasteiger partial charge < -0.3 is 10.1 Å². The number of benzene rings is 2. The minimum atomic E-state index is -0.415. The average Bonchev–Trinajstić information content (AvgIpc) is 2.61. The van der Waals surface area contributed by atoms with E-state index in [0.717, 1.165) is 16.7 Å². The summed E-state index contributed by atoms with van der Waals surface area (Å²) in [6, 6.07) is 17.3. The summed E-state index contributed by atoms with van der Waals surface area (Å²) in [5, 5.41) is 11.6. The molecule has 0 aliphatic heterocycles. The number of nitriles is 1. The molecule has 2 aromatic rings. The van der Waals surface area contributed by atoms with Gasteiger partial charge in [-0.1, -0.05) is 48.6 Å². The summed E-state index contributed by atoms with van der Waals surface area (Å²) in [4.78, 5) is 11.6. The van der Waals surface area contributed by atoms with Crippen LogP contribution < -0.4 is 5.32 Å². The van der Waals surface area contributed by atoms with Gasteiger partial charge in [-0.2, -0.15) is 5.26 Å². The summed E-state index contributed by atoms with van der Waals surface area (Å²) in [7, 11) is 0. The molecular weight excluding hydrogens is 300 g/mol. The van der Waals surface area contributed by atoms with Crippen molar-refractivity contribution < 1.29 is 9.53 Å². The molecule has 0 aromatic heterocycles. The Kier molecular flexibility index (Phi) is 6.60. The predicted molar refractivity (Wildman–Crippen MR) is 94.2 cm³/mol. The number of nitrogens with zero attached hydrogens (tertiary/aromatic N) is 1. The van der Waals surface area contributed by atoms with Gasteiger partial charge in [0.1, 0.15) is 6.61 Å². The summed E-state index contributed by atoms with van der Waals surface area (Å²) < 4.78 is 5.13. The lowest BCUT2D eigenvalue weighted by molar-refractivity contribution is 0.140. The number of rotatable bonds is 6. The Morgan fingerprint density at radius 2 is 2.04 bits per heavy atom. The zero-order chi connectivity index (χ0) is 17.2. The van der Waals surface area contributed by atoms with E-state index in [-0.39, 0.29) is 6.61 Å². The van der Waals surface area contributed by atoms with Crippen LogP contribution in [0, 0.1) is 18.3 Å². The first kappa shape index (κ1) is 17.3. The van der Waals surface area contributed by atoms with Gasteiger partial charge in [0.2, 0.25) is 0 Å². The fourth-order valence-electron chi connectivity index (χ4n) is 2.17. The van der Waals surface area contributed by atoms with Crippen LogP contribution in [-0.2, 0) is 11.3 Å². The quantitative estimate of drug-likeness (QED) is 0.812. The zero-order valence-electron chi connectivity index (χ0n) is 13.7. The lowest BCUT2D eigenvalue weighted by Gasteiger charge is -2.06. The van der Waals surface area contributed by atoms with Crippen LogP contribution in [0.1, 0.15) is 28.7 Å². The van der Waals surface area contributed by atoms with Crippen LogP contribution in [0.15, 0.2) is 54.6 Å². The fourth-order valence-corrected chi connectivity index (χ4v) is 2.17. The maximum absolute atomic E-state index is 11.6. The Bertz CT molecular complexity index is 746. The van der Waals surface area contributed by atoms with Crippen molar-refractivity contribution in [2.45, 2.75) is 20.0 Å². The number of nitrogens with one attached hydrogen (secondary N) is 1. The second-order valence-corrected chi connectivity index (χ2v) is 5.36. The van der Waals surface area contributed by atoms with Crippen LogP contribution in [0.2, 0.25) is 0 Å². The van der Waals surface area contributed by atoms with Crippen molar-refractivity contribution >= 4 is 12.2 Å². The zero-order valence-corrected chi connectivity index (χ0v) is 13.7. The van der Waals surface area contributed by atoms with Crippen LogP contribution in [0.4, 0.5) is 4.79 Å². The molecule has 4 heteroatoms. The number of carbonyl (C=O) groups excluding carboxylic acids is 1. The lowest BCUT2D eigenvalue weighted by atomic mass is 10.1. The van der Waals surface area contributed by atoms with Crippen molar-refractivity contribution in [3.63, 3.8) is 0 Å². The molecule has 1 amide bonds. The highest BCUT2D eigenvalue weighted by Crippen LogP contribution is 2.12. The van der Waals surface area contributed by atoms with E-state index in [0.29, 0.717) is 18.5 Å².